The van der Waals surface area contributed by atoms with Gasteiger partial charge in [-0.05, 0) is 19.1 Å². The summed E-state index contributed by atoms with van der Waals surface area (Å²) in [6, 6.07) is 0. The zero-order valence-corrected chi connectivity index (χ0v) is 9.11. The summed E-state index contributed by atoms with van der Waals surface area (Å²) in [4.78, 5) is 8.43. The third kappa shape index (κ3) is 2.12. The average molecular weight is 197 g/mol. The van der Waals surface area contributed by atoms with E-state index in [0.717, 1.165) is 23.6 Å². The fourth-order valence-corrected chi connectivity index (χ4v) is 2.04. The second-order valence-electron chi connectivity index (χ2n) is 2.72. The van der Waals surface area contributed by atoms with E-state index in [2.05, 4.69) is 23.8 Å². The maximum absolute atomic E-state index is 5.60. The molecule has 72 valence electrons. The number of nitrogen functional groups attached to an aromatic ring is 1. The van der Waals surface area contributed by atoms with Crippen LogP contribution in [0.4, 0.5) is 5.95 Å². The molecule has 2 N–H and O–H groups in total. The summed E-state index contributed by atoms with van der Waals surface area (Å²) in [6.45, 7) is 4.21. The largest absolute Gasteiger partial charge is 0.368 e. The van der Waals surface area contributed by atoms with E-state index in [9.17, 15) is 0 Å². The first kappa shape index (κ1) is 10.3. The van der Waals surface area contributed by atoms with E-state index < -0.39 is 0 Å². The number of nitrogens with zero attached hydrogens (tertiary/aromatic N) is 2. The summed E-state index contributed by atoms with van der Waals surface area (Å²) >= 11 is 1.63. The number of anilines is 1. The third-order valence-electron chi connectivity index (χ3n) is 1.95. The fourth-order valence-electron chi connectivity index (χ4n) is 1.34. The molecule has 0 unspecified atom stereocenters. The van der Waals surface area contributed by atoms with E-state index in [1.165, 1.54) is 5.56 Å². The predicted octanol–water partition coefficient (Wildman–Crippen LogP) is 1.91. The third-order valence-corrected chi connectivity index (χ3v) is 2.68. The lowest BCUT2D eigenvalue weighted by molar-refractivity contribution is 0.880. The van der Waals surface area contributed by atoms with Crippen LogP contribution in [-0.2, 0) is 12.8 Å². The Hall–Kier alpha value is -0.770. The molecule has 4 heteroatoms. The molecule has 1 heterocycles. The smallest absolute Gasteiger partial charge is 0.221 e. The highest BCUT2D eigenvalue weighted by Gasteiger charge is 2.09. The Morgan fingerprint density at radius 2 is 1.92 bits per heavy atom. The summed E-state index contributed by atoms with van der Waals surface area (Å²) < 4.78 is 0. The minimum Gasteiger partial charge on any atom is -0.368 e. The molecule has 0 amide bonds. The van der Waals surface area contributed by atoms with Gasteiger partial charge in [-0.3, -0.25) is 0 Å². The van der Waals surface area contributed by atoms with Gasteiger partial charge in [-0.1, -0.05) is 13.8 Å². The van der Waals surface area contributed by atoms with Crippen LogP contribution < -0.4 is 5.73 Å². The molecule has 0 aliphatic rings. The van der Waals surface area contributed by atoms with Crippen molar-refractivity contribution in [2.24, 2.45) is 0 Å². The van der Waals surface area contributed by atoms with E-state index in [1.807, 2.05) is 6.26 Å². The van der Waals surface area contributed by atoms with Gasteiger partial charge in [-0.15, -0.1) is 11.8 Å². The molecule has 0 aliphatic heterocycles. The van der Waals surface area contributed by atoms with Crippen molar-refractivity contribution in [3.8, 4) is 0 Å². The van der Waals surface area contributed by atoms with Gasteiger partial charge in [0.05, 0.1) is 0 Å². The average Bonchev–Trinajstić information content (AvgIpc) is 2.16. The van der Waals surface area contributed by atoms with Crippen LogP contribution in [0, 0.1) is 0 Å². The van der Waals surface area contributed by atoms with Gasteiger partial charge in [0, 0.05) is 11.3 Å². The van der Waals surface area contributed by atoms with Gasteiger partial charge in [-0.25, -0.2) is 9.97 Å². The van der Waals surface area contributed by atoms with Crippen molar-refractivity contribution in [1.29, 1.82) is 0 Å². The lowest BCUT2D eigenvalue weighted by Gasteiger charge is -2.09. The van der Waals surface area contributed by atoms with Crippen LogP contribution in [0.1, 0.15) is 25.1 Å². The van der Waals surface area contributed by atoms with Crippen molar-refractivity contribution in [3.05, 3.63) is 11.3 Å². The maximum Gasteiger partial charge on any atom is 0.221 e. The van der Waals surface area contributed by atoms with Gasteiger partial charge >= 0.3 is 0 Å². The molecule has 1 aromatic rings. The molecule has 0 aliphatic carbocycles. The number of aromatic nitrogens is 2. The van der Waals surface area contributed by atoms with E-state index in [-0.39, 0.29) is 0 Å². The molecular weight excluding hydrogens is 182 g/mol. The standard InChI is InChI=1S/C9H15N3S/c1-4-6-7(5-2)11-9(10)12-8(6)13-3/h4-5H2,1-3H3,(H2,10,11,12). The van der Waals surface area contributed by atoms with Crippen LogP contribution in [0.3, 0.4) is 0 Å². The van der Waals surface area contributed by atoms with Crippen LogP contribution in [0.15, 0.2) is 5.03 Å². The molecule has 1 aromatic heterocycles. The number of thioether (sulfide) groups is 1. The van der Waals surface area contributed by atoms with Crippen LogP contribution in [0.2, 0.25) is 0 Å². The predicted molar refractivity (Wildman–Crippen MR) is 57.0 cm³/mol. The molecule has 1 rings (SSSR count). The minimum atomic E-state index is 0.387. The number of hydrogen-bond donors (Lipinski definition) is 1. The molecule has 0 aromatic carbocycles. The Kier molecular flexibility index (Phi) is 3.54. The topological polar surface area (TPSA) is 51.8 Å². The summed E-state index contributed by atoms with van der Waals surface area (Å²) in [5.74, 6) is 0.387. The summed E-state index contributed by atoms with van der Waals surface area (Å²) in [6.07, 6.45) is 3.91. The highest BCUT2D eigenvalue weighted by atomic mass is 32.2. The van der Waals surface area contributed by atoms with Crippen molar-refractivity contribution in [3.63, 3.8) is 0 Å². The van der Waals surface area contributed by atoms with Gasteiger partial charge in [-0.2, -0.15) is 0 Å². The Labute approximate surface area is 83.2 Å². The van der Waals surface area contributed by atoms with Crippen molar-refractivity contribution < 1.29 is 0 Å². The van der Waals surface area contributed by atoms with Crippen LogP contribution >= 0.6 is 11.8 Å². The van der Waals surface area contributed by atoms with E-state index in [1.54, 1.807) is 11.8 Å². The zero-order valence-electron chi connectivity index (χ0n) is 8.29. The molecule has 0 spiro atoms. The Morgan fingerprint density at radius 3 is 2.38 bits per heavy atom. The minimum absolute atomic E-state index is 0.387. The number of aryl methyl sites for hydroxylation is 1. The molecule has 0 fully saturated rings. The van der Waals surface area contributed by atoms with Gasteiger partial charge in [0.1, 0.15) is 5.03 Å². The highest BCUT2D eigenvalue weighted by Crippen LogP contribution is 2.22. The molecule has 0 atom stereocenters. The van der Waals surface area contributed by atoms with Crippen LogP contribution in [0.5, 0.6) is 0 Å². The molecule has 0 radical (unpaired) electrons. The Morgan fingerprint density at radius 1 is 1.23 bits per heavy atom. The van der Waals surface area contributed by atoms with Gasteiger partial charge in [0.2, 0.25) is 5.95 Å². The summed E-state index contributed by atoms with van der Waals surface area (Å²) in [5.41, 5.74) is 7.92. The molecule has 0 saturated heterocycles. The van der Waals surface area contributed by atoms with E-state index in [0.29, 0.717) is 5.95 Å². The Bertz CT molecular complexity index is 274. The first-order chi connectivity index (χ1) is 6.22. The van der Waals surface area contributed by atoms with Gasteiger partial charge in [0.25, 0.3) is 0 Å². The van der Waals surface area contributed by atoms with Crippen molar-refractivity contribution >= 4 is 17.7 Å². The first-order valence-electron chi connectivity index (χ1n) is 4.42. The number of nitrogens with two attached hydrogens (primary N) is 1. The molecule has 0 bridgehead atoms. The molecule has 3 nitrogen and oxygen atoms in total. The maximum atomic E-state index is 5.60. The van der Waals surface area contributed by atoms with E-state index >= 15 is 0 Å². The van der Waals surface area contributed by atoms with Gasteiger partial charge in [0.15, 0.2) is 0 Å². The van der Waals surface area contributed by atoms with Crippen molar-refractivity contribution in [2.75, 3.05) is 12.0 Å². The number of hydrogen-bond acceptors (Lipinski definition) is 4. The summed E-state index contributed by atoms with van der Waals surface area (Å²) in [7, 11) is 0. The monoisotopic (exact) mass is 197 g/mol. The lowest BCUT2D eigenvalue weighted by Crippen LogP contribution is -2.05. The first-order valence-corrected chi connectivity index (χ1v) is 5.64. The van der Waals surface area contributed by atoms with E-state index in [4.69, 9.17) is 5.73 Å². The molecule has 13 heavy (non-hydrogen) atoms. The quantitative estimate of drug-likeness (QED) is 0.594. The zero-order chi connectivity index (χ0) is 9.84. The number of rotatable bonds is 3. The van der Waals surface area contributed by atoms with Crippen molar-refractivity contribution in [1.82, 2.24) is 9.97 Å². The second-order valence-corrected chi connectivity index (χ2v) is 3.52. The Balaban J connectivity index is 3.25. The molecular formula is C9H15N3S. The van der Waals surface area contributed by atoms with Crippen molar-refractivity contribution in [2.45, 2.75) is 31.7 Å². The normalized spacial score (nSPS) is 10.4. The fraction of sp³-hybridized carbons (Fsp3) is 0.556. The highest BCUT2D eigenvalue weighted by molar-refractivity contribution is 7.98. The van der Waals surface area contributed by atoms with Gasteiger partial charge < -0.3 is 5.73 Å². The lowest BCUT2D eigenvalue weighted by atomic mass is 10.1. The van der Waals surface area contributed by atoms with Crippen LogP contribution in [-0.4, -0.2) is 16.2 Å². The SMILES string of the molecule is CCc1nc(N)nc(SC)c1CC. The second kappa shape index (κ2) is 4.46. The van der Waals surface area contributed by atoms with Crippen LogP contribution in [0.25, 0.3) is 0 Å². The summed E-state index contributed by atoms with van der Waals surface area (Å²) in [5, 5.41) is 1.02. The molecule has 0 saturated carbocycles.